The van der Waals surface area contributed by atoms with Gasteiger partial charge in [0.25, 0.3) is 0 Å². The van der Waals surface area contributed by atoms with Crippen molar-refractivity contribution in [3.05, 3.63) is 17.9 Å². The molecule has 1 fully saturated rings. The molecule has 0 aliphatic carbocycles. The van der Waals surface area contributed by atoms with Crippen LogP contribution >= 0.6 is 0 Å². The molecule has 1 atom stereocenters. The molecule has 1 aromatic rings. The smallest absolute Gasteiger partial charge is 0.195 e. The molecule has 3 heterocycles. The minimum Gasteiger partial charge on any atom is -0.444 e. The van der Waals surface area contributed by atoms with Gasteiger partial charge in [-0.3, -0.25) is 9.89 Å². The van der Waals surface area contributed by atoms with Gasteiger partial charge in [-0.25, -0.2) is 0 Å². The van der Waals surface area contributed by atoms with Gasteiger partial charge in [-0.1, -0.05) is 6.42 Å². The highest BCUT2D eigenvalue weighted by atomic mass is 16.4. The number of hydrogen-bond acceptors (Lipinski definition) is 7. The summed E-state index contributed by atoms with van der Waals surface area (Å²) in [5, 5.41) is 18.2. The zero-order valence-corrected chi connectivity index (χ0v) is 16.3. The fourth-order valence-electron chi connectivity index (χ4n) is 3.77. The molecule has 144 valence electrons. The van der Waals surface area contributed by atoms with Crippen LogP contribution in [0.1, 0.15) is 31.9 Å². The second-order valence-corrected chi connectivity index (χ2v) is 7.39. The maximum absolute atomic E-state index is 9.11. The van der Waals surface area contributed by atoms with Crippen molar-refractivity contribution >= 4 is 11.7 Å². The van der Waals surface area contributed by atoms with E-state index in [4.69, 9.17) is 14.9 Å². The zero-order chi connectivity index (χ0) is 19.2. The Balaban J connectivity index is 1.52. The van der Waals surface area contributed by atoms with Crippen LogP contribution in [0.15, 0.2) is 21.5 Å². The highest BCUT2D eigenvalue weighted by molar-refractivity contribution is 5.90. The Morgan fingerprint density at radius 1 is 1.30 bits per heavy atom. The molecular formula is C20H28N6O. The summed E-state index contributed by atoms with van der Waals surface area (Å²) < 4.78 is 6.06. The van der Waals surface area contributed by atoms with E-state index < -0.39 is 5.92 Å². The van der Waals surface area contributed by atoms with E-state index in [0.717, 1.165) is 37.8 Å². The normalized spacial score (nSPS) is 20.4. The quantitative estimate of drug-likeness (QED) is 0.735. The second kappa shape index (κ2) is 8.92. The molecule has 0 saturated carbocycles. The molecule has 0 N–H and O–H groups in total. The molecule has 3 rings (SSSR count). The third-order valence-electron chi connectivity index (χ3n) is 5.51. The first-order chi connectivity index (χ1) is 13.1. The highest BCUT2D eigenvalue weighted by Gasteiger charge is 2.25. The minimum absolute atomic E-state index is 0.604. The van der Waals surface area contributed by atoms with Crippen molar-refractivity contribution in [1.29, 1.82) is 10.5 Å². The molecule has 2 aliphatic rings. The van der Waals surface area contributed by atoms with Crippen LogP contribution in [0.5, 0.6) is 0 Å². The maximum Gasteiger partial charge on any atom is 0.195 e. The summed E-state index contributed by atoms with van der Waals surface area (Å²) in [6, 6.07) is 8.74. The number of furan rings is 1. The predicted octanol–water partition coefficient (Wildman–Crippen LogP) is 2.47. The van der Waals surface area contributed by atoms with E-state index >= 15 is 0 Å². The average Bonchev–Trinajstić information content (AvgIpc) is 3.33. The molecule has 0 aromatic carbocycles. The SMILES string of the molecule is CC1CCCCN1Cc1ccc(N(C)CCN2CCN=C2C(C#N)C#N)o1. The zero-order valence-electron chi connectivity index (χ0n) is 16.3. The van der Waals surface area contributed by atoms with Crippen LogP contribution in [-0.2, 0) is 6.54 Å². The van der Waals surface area contributed by atoms with Crippen molar-refractivity contribution < 1.29 is 4.42 Å². The van der Waals surface area contributed by atoms with Crippen LogP contribution in [0.2, 0.25) is 0 Å². The van der Waals surface area contributed by atoms with Gasteiger partial charge in [0.1, 0.15) is 11.6 Å². The molecule has 0 spiro atoms. The Kier molecular flexibility index (Phi) is 6.36. The summed E-state index contributed by atoms with van der Waals surface area (Å²) in [5.41, 5.74) is 0. The fraction of sp³-hybridized carbons (Fsp3) is 0.650. The van der Waals surface area contributed by atoms with Crippen molar-refractivity contribution in [3.63, 3.8) is 0 Å². The number of nitriles is 2. The Labute approximate surface area is 161 Å². The average molecular weight is 368 g/mol. The molecule has 7 nitrogen and oxygen atoms in total. The number of likely N-dealkylation sites (tertiary alicyclic amines) is 1. The van der Waals surface area contributed by atoms with Gasteiger partial charge in [-0.2, -0.15) is 10.5 Å². The third kappa shape index (κ3) is 4.61. The molecule has 1 aromatic heterocycles. The van der Waals surface area contributed by atoms with Gasteiger partial charge >= 0.3 is 0 Å². The van der Waals surface area contributed by atoms with Crippen molar-refractivity contribution in [1.82, 2.24) is 9.80 Å². The molecule has 0 radical (unpaired) electrons. The molecule has 7 heteroatoms. The number of likely N-dealkylation sites (N-methyl/N-ethyl adjacent to an activating group) is 1. The maximum atomic E-state index is 9.11. The Morgan fingerprint density at radius 3 is 2.85 bits per heavy atom. The van der Waals surface area contributed by atoms with E-state index in [9.17, 15) is 0 Å². The summed E-state index contributed by atoms with van der Waals surface area (Å²) in [5.74, 6) is 1.68. The summed E-state index contributed by atoms with van der Waals surface area (Å²) in [6.07, 6.45) is 3.85. The van der Waals surface area contributed by atoms with E-state index in [1.54, 1.807) is 0 Å². The summed E-state index contributed by atoms with van der Waals surface area (Å²) in [4.78, 5) is 10.9. The standard InChI is InChI=1S/C20H28N6O/c1-16-5-3-4-9-26(16)15-18-6-7-19(27-18)24(2)11-12-25-10-8-23-20(25)17(13-21)14-22/h6-7,16-17H,3-5,8-12,15H2,1-2H3. The number of aliphatic imine (C=N–C) groups is 1. The van der Waals surface area contributed by atoms with E-state index in [0.29, 0.717) is 25.0 Å². The summed E-state index contributed by atoms with van der Waals surface area (Å²) in [7, 11) is 2.01. The molecule has 0 amide bonds. The van der Waals surface area contributed by atoms with Crippen molar-refractivity contribution in [2.24, 2.45) is 10.9 Å². The number of piperidine rings is 1. The van der Waals surface area contributed by atoms with Crippen LogP contribution in [0.25, 0.3) is 0 Å². The van der Waals surface area contributed by atoms with E-state index in [2.05, 4.69) is 27.8 Å². The van der Waals surface area contributed by atoms with Crippen molar-refractivity contribution in [2.75, 3.05) is 44.7 Å². The Morgan fingerprint density at radius 2 is 2.11 bits per heavy atom. The molecule has 2 aliphatic heterocycles. The van der Waals surface area contributed by atoms with Gasteiger partial charge in [0.05, 0.1) is 25.2 Å². The number of anilines is 1. The second-order valence-electron chi connectivity index (χ2n) is 7.39. The molecule has 0 bridgehead atoms. The Hall–Kier alpha value is -2.51. The molecule has 27 heavy (non-hydrogen) atoms. The fourth-order valence-corrected chi connectivity index (χ4v) is 3.77. The van der Waals surface area contributed by atoms with Crippen molar-refractivity contribution in [3.8, 4) is 12.1 Å². The number of hydrogen-bond donors (Lipinski definition) is 0. The van der Waals surface area contributed by atoms with E-state index in [-0.39, 0.29) is 0 Å². The first-order valence-corrected chi connectivity index (χ1v) is 9.74. The van der Waals surface area contributed by atoms with E-state index in [1.165, 1.54) is 19.3 Å². The highest BCUT2D eigenvalue weighted by Crippen LogP contribution is 2.23. The van der Waals surface area contributed by atoms with Crippen LogP contribution in [0, 0.1) is 28.6 Å². The molecule has 1 saturated heterocycles. The molecular weight excluding hydrogens is 340 g/mol. The van der Waals surface area contributed by atoms with Crippen LogP contribution in [-0.4, -0.2) is 61.4 Å². The largest absolute Gasteiger partial charge is 0.444 e. The number of amidine groups is 1. The van der Waals surface area contributed by atoms with Gasteiger partial charge in [0.2, 0.25) is 0 Å². The lowest BCUT2D eigenvalue weighted by Gasteiger charge is -2.32. The number of nitrogens with zero attached hydrogens (tertiary/aromatic N) is 6. The summed E-state index contributed by atoms with van der Waals surface area (Å²) >= 11 is 0. The number of rotatable bonds is 7. The van der Waals surface area contributed by atoms with Crippen LogP contribution in [0.3, 0.4) is 0 Å². The Bertz CT molecular complexity index is 728. The van der Waals surface area contributed by atoms with Gasteiger partial charge in [0, 0.05) is 38.8 Å². The first-order valence-electron chi connectivity index (χ1n) is 9.74. The minimum atomic E-state index is -0.778. The lowest BCUT2D eigenvalue weighted by Crippen LogP contribution is -2.38. The topological polar surface area (TPSA) is 82.8 Å². The third-order valence-corrected chi connectivity index (χ3v) is 5.51. The summed E-state index contributed by atoms with van der Waals surface area (Å²) in [6.45, 7) is 7.17. The van der Waals surface area contributed by atoms with Gasteiger partial charge in [-0.05, 0) is 32.4 Å². The lowest BCUT2D eigenvalue weighted by atomic mass is 10.0. The predicted molar refractivity (Wildman–Crippen MR) is 104 cm³/mol. The van der Waals surface area contributed by atoms with Crippen LogP contribution in [0.4, 0.5) is 5.88 Å². The van der Waals surface area contributed by atoms with E-state index in [1.807, 2.05) is 30.2 Å². The van der Waals surface area contributed by atoms with Gasteiger partial charge in [0.15, 0.2) is 11.8 Å². The van der Waals surface area contributed by atoms with Crippen molar-refractivity contribution in [2.45, 2.75) is 38.8 Å². The van der Waals surface area contributed by atoms with Gasteiger partial charge in [-0.15, -0.1) is 0 Å². The van der Waals surface area contributed by atoms with Gasteiger partial charge < -0.3 is 14.2 Å². The molecule has 1 unspecified atom stereocenters. The first kappa shape index (κ1) is 19.3. The van der Waals surface area contributed by atoms with Crippen LogP contribution < -0.4 is 4.90 Å². The lowest BCUT2D eigenvalue weighted by molar-refractivity contribution is 0.142. The monoisotopic (exact) mass is 368 g/mol.